The molecule has 0 amide bonds. The Bertz CT molecular complexity index is 508. The molecule has 0 aromatic carbocycles. The van der Waals surface area contributed by atoms with Crippen molar-refractivity contribution in [1.82, 2.24) is 4.57 Å². The molecule has 2 heteroatoms. The Labute approximate surface area is 115 Å². The van der Waals surface area contributed by atoms with Crippen LogP contribution in [0.1, 0.15) is 60.3 Å². The maximum Gasteiger partial charge on any atom is 0.164 e. The summed E-state index contributed by atoms with van der Waals surface area (Å²) in [5.41, 5.74) is 3.70. The van der Waals surface area contributed by atoms with Gasteiger partial charge in [0.15, 0.2) is 5.78 Å². The van der Waals surface area contributed by atoms with Crippen molar-refractivity contribution in [3.05, 3.63) is 23.0 Å². The van der Waals surface area contributed by atoms with E-state index >= 15 is 0 Å². The third kappa shape index (κ3) is 2.05. The second kappa shape index (κ2) is 4.22. The van der Waals surface area contributed by atoms with Crippen LogP contribution in [-0.2, 0) is 13.0 Å². The van der Waals surface area contributed by atoms with E-state index in [1.165, 1.54) is 43.6 Å². The maximum atomic E-state index is 12.0. The molecule has 1 aromatic rings. The summed E-state index contributed by atoms with van der Waals surface area (Å²) in [4.78, 5) is 12.0. The van der Waals surface area contributed by atoms with Crippen LogP contribution in [0.5, 0.6) is 0 Å². The Morgan fingerprint density at radius 1 is 1.21 bits per heavy atom. The van der Waals surface area contributed by atoms with Crippen LogP contribution in [0.3, 0.4) is 0 Å². The van der Waals surface area contributed by atoms with E-state index in [0.29, 0.717) is 5.78 Å². The summed E-state index contributed by atoms with van der Waals surface area (Å²) in [5.74, 6) is 3.25. The standard InChI is InChI=1S/C17H23NO/c1-11-9-14-16(3-2-4-17(14)19)18(11)10-15(12-5-6-12)13-7-8-13/h9,12-13,15H,2-8,10H2,1H3. The Morgan fingerprint density at radius 2 is 1.89 bits per heavy atom. The lowest BCUT2D eigenvalue weighted by molar-refractivity contribution is 0.0971. The zero-order chi connectivity index (χ0) is 13.0. The molecule has 0 saturated heterocycles. The number of nitrogens with zero attached hydrogens (tertiary/aromatic N) is 1. The van der Waals surface area contributed by atoms with E-state index < -0.39 is 0 Å². The molecule has 0 N–H and O–H groups in total. The van der Waals surface area contributed by atoms with Gasteiger partial charge in [-0.3, -0.25) is 4.79 Å². The highest BCUT2D eigenvalue weighted by atomic mass is 16.1. The minimum absolute atomic E-state index is 0.373. The zero-order valence-corrected chi connectivity index (χ0v) is 11.8. The van der Waals surface area contributed by atoms with E-state index in [-0.39, 0.29) is 0 Å². The summed E-state index contributed by atoms with van der Waals surface area (Å²) >= 11 is 0. The third-order valence-corrected chi connectivity index (χ3v) is 5.38. The first-order chi connectivity index (χ1) is 9.24. The smallest absolute Gasteiger partial charge is 0.164 e. The van der Waals surface area contributed by atoms with E-state index in [2.05, 4.69) is 17.6 Å². The van der Waals surface area contributed by atoms with Crippen LogP contribution in [0.2, 0.25) is 0 Å². The van der Waals surface area contributed by atoms with E-state index in [9.17, 15) is 4.79 Å². The molecule has 2 nitrogen and oxygen atoms in total. The summed E-state index contributed by atoms with van der Waals surface area (Å²) in [6, 6.07) is 2.15. The summed E-state index contributed by atoms with van der Waals surface area (Å²) < 4.78 is 2.49. The molecule has 0 aliphatic heterocycles. The lowest BCUT2D eigenvalue weighted by atomic mass is 9.95. The van der Waals surface area contributed by atoms with Crippen LogP contribution in [-0.4, -0.2) is 10.4 Å². The van der Waals surface area contributed by atoms with Crippen molar-refractivity contribution < 1.29 is 4.79 Å². The number of aromatic nitrogens is 1. The first-order valence-corrected chi connectivity index (χ1v) is 7.96. The molecule has 2 saturated carbocycles. The lowest BCUT2D eigenvalue weighted by Crippen LogP contribution is -2.20. The normalized spacial score (nSPS) is 22.9. The van der Waals surface area contributed by atoms with Gasteiger partial charge in [-0.25, -0.2) is 0 Å². The van der Waals surface area contributed by atoms with Crippen molar-refractivity contribution in [3.63, 3.8) is 0 Å². The van der Waals surface area contributed by atoms with E-state index in [4.69, 9.17) is 0 Å². The number of fused-ring (bicyclic) bond motifs is 1. The van der Waals surface area contributed by atoms with Crippen LogP contribution in [0.25, 0.3) is 0 Å². The predicted molar refractivity (Wildman–Crippen MR) is 75.4 cm³/mol. The van der Waals surface area contributed by atoms with Gasteiger partial charge in [-0.15, -0.1) is 0 Å². The van der Waals surface area contributed by atoms with Crippen LogP contribution in [0, 0.1) is 24.7 Å². The molecule has 3 aliphatic carbocycles. The quantitative estimate of drug-likeness (QED) is 0.805. The molecule has 3 aliphatic rings. The SMILES string of the molecule is Cc1cc2c(n1CC(C1CC1)C1CC1)CCCC2=O. The minimum atomic E-state index is 0.373. The van der Waals surface area contributed by atoms with Crippen molar-refractivity contribution in [1.29, 1.82) is 0 Å². The number of Topliss-reactive ketones (excluding diaryl/α,β-unsaturated/α-hetero) is 1. The van der Waals surface area contributed by atoms with Gasteiger partial charge in [0.1, 0.15) is 0 Å². The number of aryl methyl sites for hydroxylation is 1. The molecular formula is C17H23NO. The molecule has 0 bridgehead atoms. The molecule has 0 spiro atoms. The van der Waals surface area contributed by atoms with Crippen LogP contribution >= 0.6 is 0 Å². The van der Waals surface area contributed by atoms with Crippen LogP contribution in [0.4, 0.5) is 0 Å². The van der Waals surface area contributed by atoms with Gasteiger partial charge in [-0.1, -0.05) is 0 Å². The molecular weight excluding hydrogens is 234 g/mol. The summed E-state index contributed by atoms with van der Waals surface area (Å²) in [5, 5.41) is 0. The van der Waals surface area contributed by atoms with Gasteiger partial charge in [0.2, 0.25) is 0 Å². The average Bonchev–Trinajstić information content (AvgIpc) is 3.26. The van der Waals surface area contributed by atoms with Crippen molar-refractivity contribution in [2.75, 3.05) is 0 Å². The Morgan fingerprint density at radius 3 is 2.53 bits per heavy atom. The van der Waals surface area contributed by atoms with Gasteiger partial charge in [0, 0.05) is 29.9 Å². The Balaban J connectivity index is 1.64. The van der Waals surface area contributed by atoms with Crippen molar-refractivity contribution in [2.45, 2.75) is 58.4 Å². The van der Waals surface area contributed by atoms with Gasteiger partial charge in [-0.2, -0.15) is 0 Å². The monoisotopic (exact) mass is 257 g/mol. The maximum absolute atomic E-state index is 12.0. The second-order valence-corrected chi connectivity index (χ2v) is 6.87. The van der Waals surface area contributed by atoms with Gasteiger partial charge in [-0.05, 0) is 69.3 Å². The highest BCUT2D eigenvalue weighted by molar-refractivity contribution is 5.98. The molecule has 102 valence electrons. The van der Waals surface area contributed by atoms with Gasteiger partial charge in [0.05, 0.1) is 0 Å². The van der Waals surface area contributed by atoms with Crippen LogP contribution < -0.4 is 0 Å². The molecule has 0 atom stereocenters. The summed E-state index contributed by atoms with van der Waals surface area (Å²) in [6.45, 7) is 3.37. The molecule has 19 heavy (non-hydrogen) atoms. The number of carbonyl (C=O) groups excluding carboxylic acids is 1. The Kier molecular flexibility index (Phi) is 2.61. The fourth-order valence-corrected chi connectivity index (χ4v) is 3.99. The summed E-state index contributed by atoms with van der Waals surface area (Å²) in [7, 11) is 0. The van der Waals surface area contributed by atoms with E-state index in [0.717, 1.165) is 42.6 Å². The molecule has 2 fully saturated rings. The summed E-state index contributed by atoms with van der Waals surface area (Å²) in [6.07, 6.45) is 8.70. The third-order valence-electron chi connectivity index (χ3n) is 5.38. The van der Waals surface area contributed by atoms with Crippen molar-refractivity contribution >= 4 is 5.78 Å². The van der Waals surface area contributed by atoms with Crippen molar-refractivity contribution in [3.8, 4) is 0 Å². The van der Waals surface area contributed by atoms with Crippen molar-refractivity contribution in [2.24, 2.45) is 17.8 Å². The number of ketones is 1. The lowest BCUT2D eigenvalue weighted by Gasteiger charge is -2.22. The largest absolute Gasteiger partial charge is 0.348 e. The number of rotatable bonds is 4. The van der Waals surface area contributed by atoms with E-state index in [1.807, 2.05) is 0 Å². The first kappa shape index (κ1) is 11.7. The number of hydrogen-bond donors (Lipinski definition) is 0. The molecule has 0 unspecified atom stereocenters. The van der Waals surface area contributed by atoms with Gasteiger partial charge in [0.25, 0.3) is 0 Å². The fraction of sp³-hybridized carbons (Fsp3) is 0.706. The molecule has 0 radical (unpaired) electrons. The number of carbonyl (C=O) groups is 1. The molecule has 1 aromatic heterocycles. The fourth-order valence-electron chi connectivity index (χ4n) is 3.99. The van der Waals surface area contributed by atoms with Gasteiger partial charge >= 0.3 is 0 Å². The molecule has 1 heterocycles. The first-order valence-electron chi connectivity index (χ1n) is 7.96. The predicted octanol–water partition coefficient (Wildman–Crippen LogP) is 3.75. The topological polar surface area (TPSA) is 22.0 Å². The van der Waals surface area contributed by atoms with E-state index in [1.54, 1.807) is 0 Å². The second-order valence-electron chi connectivity index (χ2n) is 6.87. The zero-order valence-electron chi connectivity index (χ0n) is 11.8. The number of hydrogen-bond acceptors (Lipinski definition) is 1. The highest BCUT2D eigenvalue weighted by Gasteiger charge is 2.41. The molecule has 4 rings (SSSR count). The minimum Gasteiger partial charge on any atom is -0.348 e. The Hall–Kier alpha value is -1.05. The van der Waals surface area contributed by atoms with Crippen LogP contribution in [0.15, 0.2) is 6.07 Å². The van der Waals surface area contributed by atoms with Gasteiger partial charge < -0.3 is 4.57 Å². The average molecular weight is 257 g/mol. The highest BCUT2D eigenvalue weighted by Crippen LogP contribution is 2.50.